The molecule has 110 valence electrons. The average Bonchev–Trinajstić information content (AvgIpc) is 2.41. The molecule has 1 fully saturated rings. The fourth-order valence-electron chi connectivity index (χ4n) is 2.33. The zero-order chi connectivity index (χ0) is 14.5. The van der Waals surface area contributed by atoms with Crippen LogP contribution in [0, 0.1) is 0 Å². The lowest BCUT2D eigenvalue weighted by molar-refractivity contribution is 0.0580. The van der Waals surface area contributed by atoms with Crippen LogP contribution in [0.2, 0.25) is 0 Å². The van der Waals surface area contributed by atoms with Gasteiger partial charge in [0.15, 0.2) is 0 Å². The summed E-state index contributed by atoms with van der Waals surface area (Å²) in [6, 6.07) is 5.94. The van der Waals surface area contributed by atoms with Crippen LogP contribution in [0.25, 0.3) is 0 Å². The van der Waals surface area contributed by atoms with Crippen molar-refractivity contribution in [3.05, 3.63) is 28.2 Å². The molecule has 0 N–H and O–H groups in total. The number of nitrogens with zero attached hydrogens (tertiary/aromatic N) is 1. The van der Waals surface area contributed by atoms with Crippen LogP contribution in [-0.2, 0) is 0 Å². The van der Waals surface area contributed by atoms with Crippen molar-refractivity contribution < 1.29 is 9.53 Å². The second-order valence-electron chi connectivity index (χ2n) is 4.97. The number of hydrogen-bond acceptors (Lipinski definition) is 2. The van der Waals surface area contributed by atoms with Crippen LogP contribution in [0.4, 0.5) is 0 Å². The molecular weight excluding hydrogens is 386 g/mol. The minimum absolute atomic E-state index is 0.0985. The van der Waals surface area contributed by atoms with Gasteiger partial charge in [-0.1, -0.05) is 15.9 Å². The number of carbonyl (C=O) groups is 1. The smallest absolute Gasteiger partial charge is 0.255 e. The number of benzene rings is 1. The van der Waals surface area contributed by atoms with Crippen LogP contribution in [0.5, 0.6) is 5.75 Å². The van der Waals surface area contributed by atoms with Crippen LogP contribution in [0.15, 0.2) is 22.7 Å². The van der Waals surface area contributed by atoms with Crippen molar-refractivity contribution in [2.24, 2.45) is 0 Å². The molecule has 0 spiro atoms. The third-order valence-corrected chi connectivity index (χ3v) is 4.97. The quantitative estimate of drug-likeness (QED) is 0.663. The van der Waals surface area contributed by atoms with E-state index in [2.05, 4.69) is 31.9 Å². The van der Waals surface area contributed by atoms with Gasteiger partial charge in [0.2, 0.25) is 0 Å². The molecule has 1 aromatic rings. The highest BCUT2D eigenvalue weighted by atomic mass is 79.9. The first-order valence-corrected chi connectivity index (χ1v) is 8.79. The first kappa shape index (κ1) is 15.8. The monoisotopic (exact) mass is 403 g/mol. The molecule has 5 heteroatoms. The molecule has 0 aromatic heterocycles. The van der Waals surface area contributed by atoms with Gasteiger partial charge in [-0.2, -0.15) is 0 Å². The summed E-state index contributed by atoms with van der Waals surface area (Å²) in [5.74, 6) is 0.812. The standard InChI is InChI=1S/C15H19Br2NO2/c1-20-12-6-7-14(17)13(10-12)15(19)18(9-3-8-16)11-4-2-5-11/h6-7,10-11H,2-5,8-9H2,1H3. The molecule has 0 saturated heterocycles. The number of halogens is 2. The van der Waals surface area contributed by atoms with Gasteiger partial charge >= 0.3 is 0 Å². The third-order valence-electron chi connectivity index (χ3n) is 3.71. The molecule has 0 aliphatic heterocycles. The van der Waals surface area contributed by atoms with E-state index in [9.17, 15) is 4.79 Å². The number of alkyl halides is 1. The summed E-state index contributed by atoms with van der Waals surface area (Å²) in [6.45, 7) is 0.804. The molecule has 20 heavy (non-hydrogen) atoms. The predicted octanol–water partition coefficient (Wildman–Crippen LogP) is 4.24. The highest BCUT2D eigenvalue weighted by molar-refractivity contribution is 9.10. The molecule has 0 radical (unpaired) electrons. The molecule has 0 atom stereocenters. The van der Waals surface area contributed by atoms with Gasteiger partial charge in [-0.05, 0) is 59.8 Å². The molecule has 3 nitrogen and oxygen atoms in total. The van der Waals surface area contributed by atoms with Gasteiger partial charge in [0.05, 0.1) is 12.7 Å². The fraction of sp³-hybridized carbons (Fsp3) is 0.533. The molecule has 0 bridgehead atoms. The lowest BCUT2D eigenvalue weighted by Crippen LogP contribution is -2.45. The van der Waals surface area contributed by atoms with Crippen LogP contribution >= 0.6 is 31.9 Å². The highest BCUT2D eigenvalue weighted by Crippen LogP contribution is 2.29. The molecule has 1 aliphatic carbocycles. The maximum absolute atomic E-state index is 12.8. The summed E-state index contributed by atoms with van der Waals surface area (Å²) >= 11 is 6.92. The van der Waals surface area contributed by atoms with E-state index >= 15 is 0 Å². The van der Waals surface area contributed by atoms with E-state index in [-0.39, 0.29) is 5.91 Å². The van der Waals surface area contributed by atoms with Gasteiger partial charge in [0.1, 0.15) is 5.75 Å². The Hall–Kier alpha value is -0.550. The van der Waals surface area contributed by atoms with E-state index < -0.39 is 0 Å². The minimum atomic E-state index is 0.0985. The summed E-state index contributed by atoms with van der Waals surface area (Å²) in [7, 11) is 1.62. The van der Waals surface area contributed by atoms with Crippen molar-refractivity contribution >= 4 is 37.8 Å². The van der Waals surface area contributed by atoms with Crippen LogP contribution in [0.1, 0.15) is 36.0 Å². The van der Waals surface area contributed by atoms with Crippen LogP contribution in [-0.4, -0.2) is 35.8 Å². The Kier molecular flexibility index (Phi) is 5.90. The van der Waals surface area contributed by atoms with E-state index in [0.717, 1.165) is 35.6 Å². The molecule has 1 aromatic carbocycles. The van der Waals surface area contributed by atoms with Gasteiger partial charge in [-0.25, -0.2) is 0 Å². The molecule has 0 heterocycles. The normalized spacial score (nSPS) is 14.8. The van der Waals surface area contributed by atoms with E-state index in [1.54, 1.807) is 7.11 Å². The number of carbonyl (C=O) groups excluding carboxylic acids is 1. The Labute approximate surface area is 136 Å². The first-order chi connectivity index (χ1) is 9.67. The number of amides is 1. The van der Waals surface area contributed by atoms with Gasteiger partial charge < -0.3 is 9.64 Å². The number of ether oxygens (including phenoxy) is 1. The molecular formula is C15H19Br2NO2. The number of methoxy groups -OCH3 is 1. The Morgan fingerprint density at radius 1 is 1.45 bits per heavy atom. The molecule has 2 rings (SSSR count). The Bertz CT molecular complexity index is 475. The van der Waals surface area contributed by atoms with Gasteiger partial charge in [0.25, 0.3) is 5.91 Å². The summed E-state index contributed by atoms with van der Waals surface area (Å²) < 4.78 is 6.05. The Morgan fingerprint density at radius 3 is 2.75 bits per heavy atom. The van der Waals surface area contributed by atoms with Crippen molar-refractivity contribution in [2.75, 3.05) is 19.0 Å². The highest BCUT2D eigenvalue weighted by Gasteiger charge is 2.29. The van der Waals surface area contributed by atoms with Gasteiger partial charge in [-0.3, -0.25) is 4.79 Å². The minimum Gasteiger partial charge on any atom is -0.497 e. The summed E-state index contributed by atoms with van der Waals surface area (Å²) in [6.07, 6.45) is 4.44. The summed E-state index contributed by atoms with van der Waals surface area (Å²) in [4.78, 5) is 14.8. The maximum atomic E-state index is 12.8. The number of rotatable bonds is 6. The van der Waals surface area contributed by atoms with Gasteiger partial charge in [-0.15, -0.1) is 0 Å². The summed E-state index contributed by atoms with van der Waals surface area (Å²) in [5.41, 5.74) is 0.686. The van der Waals surface area contributed by atoms with Crippen molar-refractivity contribution in [3.63, 3.8) is 0 Å². The van der Waals surface area contributed by atoms with Gasteiger partial charge in [0, 0.05) is 22.4 Å². The lowest BCUT2D eigenvalue weighted by atomic mass is 9.91. The van der Waals surface area contributed by atoms with Crippen molar-refractivity contribution in [1.29, 1.82) is 0 Å². The van der Waals surface area contributed by atoms with Crippen LogP contribution < -0.4 is 4.74 Å². The summed E-state index contributed by atoms with van der Waals surface area (Å²) in [5, 5.41) is 0.919. The topological polar surface area (TPSA) is 29.5 Å². The van der Waals surface area contributed by atoms with E-state index in [1.165, 1.54) is 6.42 Å². The average molecular weight is 405 g/mol. The van der Waals surface area contributed by atoms with E-state index in [0.29, 0.717) is 17.4 Å². The molecule has 1 amide bonds. The molecule has 1 aliphatic rings. The predicted molar refractivity (Wildman–Crippen MR) is 87.8 cm³/mol. The largest absolute Gasteiger partial charge is 0.497 e. The zero-order valence-electron chi connectivity index (χ0n) is 11.6. The Balaban J connectivity index is 2.21. The molecule has 1 saturated carbocycles. The second kappa shape index (κ2) is 7.46. The maximum Gasteiger partial charge on any atom is 0.255 e. The molecule has 0 unspecified atom stereocenters. The fourth-order valence-corrected chi connectivity index (χ4v) is 3.00. The lowest BCUT2D eigenvalue weighted by Gasteiger charge is -2.38. The van der Waals surface area contributed by atoms with Crippen LogP contribution in [0.3, 0.4) is 0 Å². The van der Waals surface area contributed by atoms with E-state index in [1.807, 2.05) is 23.1 Å². The van der Waals surface area contributed by atoms with E-state index in [4.69, 9.17) is 4.74 Å². The number of hydrogen-bond donors (Lipinski definition) is 0. The van der Waals surface area contributed by atoms with Crippen molar-refractivity contribution in [3.8, 4) is 5.75 Å². The Morgan fingerprint density at radius 2 is 2.20 bits per heavy atom. The SMILES string of the molecule is COc1ccc(Br)c(C(=O)N(CCCBr)C2CCC2)c1. The third kappa shape index (κ3) is 3.55. The second-order valence-corrected chi connectivity index (χ2v) is 6.62. The zero-order valence-corrected chi connectivity index (χ0v) is 14.7. The van der Waals surface area contributed by atoms with Crippen molar-refractivity contribution in [2.45, 2.75) is 31.7 Å². The van der Waals surface area contributed by atoms with Crippen molar-refractivity contribution in [1.82, 2.24) is 4.90 Å². The first-order valence-electron chi connectivity index (χ1n) is 6.88.